The van der Waals surface area contributed by atoms with E-state index in [-0.39, 0.29) is 11.7 Å². The molecule has 1 saturated heterocycles. The summed E-state index contributed by atoms with van der Waals surface area (Å²) in [6.45, 7) is 4.27. The zero-order chi connectivity index (χ0) is 18.2. The maximum Gasteiger partial charge on any atom is 0.230 e. The first-order valence-corrected chi connectivity index (χ1v) is 9.57. The highest BCUT2D eigenvalue weighted by Crippen LogP contribution is 2.25. The van der Waals surface area contributed by atoms with Crippen molar-refractivity contribution in [3.8, 4) is 6.07 Å². The zero-order valence-corrected chi connectivity index (χ0v) is 15.3. The number of para-hydroxylation sites is 1. The molecular formula is C18H21N5O2S. The lowest BCUT2D eigenvalue weighted by Crippen LogP contribution is -2.36. The minimum absolute atomic E-state index is 0.0947. The first-order chi connectivity index (χ1) is 12.8. The first kappa shape index (κ1) is 18.6. The first-order valence-electron chi connectivity index (χ1n) is 8.58. The number of carbonyl (C=O) groups excluding carboxylic acids is 1. The van der Waals surface area contributed by atoms with Crippen molar-refractivity contribution in [2.75, 3.05) is 38.6 Å². The molecule has 0 atom stereocenters. The van der Waals surface area contributed by atoms with Gasteiger partial charge in [0.2, 0.25) is 5.91 Å². The highest BCUT2D eigenvalue weighted by Gasteiger charge is 2.15. The number of thioether (sulfide) groups is 1. The molecule has 1 aliphatic heterocycles. The number of benzene rings is 1. The summed E-state index contributed by atoms with van der Waals surface area (Å²) in [5, 5.41) is 13.0. The number of amides is 1. The molecule has 7 nitrogen and oxygen atoms in total. The van der Waals surface area contributed by atoms with Crippen molar-refractivity contribution >= 4 is 28.6 Å². The molecule has 0 spiro atoms. The van der Waals surface area contributed by atoms with Crippen molar-refractivity contribution in [2.45, 2.75) is 18.0 Å². The van der Waals surface area contributed by atoms with Crippen molar-refractivity contribution in [3.05, 3.63) is 30.1 Å². The number of morpholine rings is 1. The van der Waals surface area contributed by atoms with Gasteiger partial charge >= 0.3 is 0 Å². The van der Waals surface area contributed by atoms with Gasteiger partial charge in [-0.2, -0.15) is 5.26 Å². The Balaban J connectivity index is 1.72. The zero-order valence-electron chi connectivity index (χ0n) is 14.5. The van der Waals surface area contributed by atoms with E-state index in [0.29, 0.717) is 19.5 Å². The second kappa shape index (κ2) is 9.48. The SMILES string of the molecule is N#CCCNC(=O)CSc1nc(CN2CCOCC2)nc2ccccc12. The molecule has 0 radical (unpaired) electrons. The standard InChI is InChI=1S/C18H21N5O2S/c19-6-3-7-20-17(24)13-26-18-14-4-1-2-5-15(14)21-16(22-18)12-23-8-10-25-11-9-23/h1-2,4-5H,3,7-13H2,(H,20,24). The maximum absolute atomic E-state index is 11.9. The summed E-state index contributed by atoms with van der Waals surface area (Å²) >= 11 is 1.40. The molecule has 0 bridgehead atoms. The summed E-state index contributed by atoms with van der Waals surface area (Å²) in [6, 6.07) is 9.86. The van der Waals surface area contributed by atoms with Gasteiger partial charge in [-0.05, 0) is 6.07 Å². The molecule has 0 saturated carbocycles. The van der Waals surface area contributed by atoms with Crippen LogP contribution in [0.15, 0.2) is 29.3 Å². The van der Waals surface area contributed by atoms with Gasteiger partial charge in [-0.1, -0.05) is 30.0 Å². The molecule has 1 aliphatic rings. The molecule has 1 aromatic carbocycles. The van der Waals surface area contributed by atoms with Crippen LogP contribution >= 0.6 is 11.8 Å². The van der Waals surface area contributed by atoms with Crippen LogP contribution in [-0.4, -0.2) is 59.4 Å². The average molecular weight is 371 g/mol. The number of nitrogens with one attached hydrogen (secondary N) is 1. The fourth-order valence-corrected chi connectivity index (χ4v) is 3.54. The number of hydrogen-bond acceptors (Lipinski definition) is 7. The van der Waals surface area contributed by atoms with Gasteiger partial charge in [0.15, 0.2) is 0 Å². The molecular weight excluding hydrogens is 350 g/mol. The molecule has 2 heterocycles. The summed E-state index contributed by atoms with van der Waals surface area (Å²) in [5.41, 5.74) is 0.887. The summed E-state index contributed by atoms with van der Waals surface area (Å²) in [7, 11) is 0. The van der Waals surface area contributed by atoms with Gasteiger partial charge in [0.1, 0.15) is 10.9 Å². The van der Waals surface area contributed by atoms with Gasteiger partial charge in [-0.3, -0.25) is 9.69 Å². The lowest BCUT2D eigenvalue weighted by atomic mass is 10.2. The van der Waals surface area contributed by atoms with Crippen LogP contribution in [0.3, 0.4) is 0 Å². The molecule has 26 heavy (non-hydrogen) atoms. The molecule has 3 rings (SSSR count). The van der Waals surface area contributed by atoms with Crippen LogP contribution in [0.4, 0.5) is 0 Å². The molecule has 136 valence electrons. The molecule has 8 heteroatoms. The summed E-state index contributed by atoms with van der Waals surface area (Å²) in [6.07, 6.45) is 0.316. The normalized spacial score (nSPS) is 14.9. The average Bonchev–Trinajstić information content (AvgIpc) is 2.67. The Morgan fingerprint density at radius 2 is 2.12 bits per heavy atom. The van der Waals surface area contributed by atoms with Gasteiger partial charge in [0, 0.05) is 25.0 Å². The Labute approximate surface area is 156 Å². The fourth-order valence-electron chi connectivity index (χ4n) is 2.68. The number of nitriles is 1. The van der Waals surface area contributed by atoms with Crippen molar-refractivity contribution in [3.63, 3.8) is 0 Å². The number of carbonyl (C=O) groups is 1. The Bertz CT molecular complexity index is 802. The highest BCUT2D eigenvalue weighted by molar-refractivity contribution is 8.00. The second-order valence-corrected chi connectivity index (χ2v) is 6.86. The van der Waals surface area contributed by atoms with Gasteiger partial charge in [-0.15, -0.1) is 0 Å². The third kappa shape index (κ3) is 5.14. The van der Waals surface area contributed by atoms with Gasteiger partial charge < -0.3 is 10.1 Å². The molecule has 2 aromatic rings. The molecule has 0 unspecified atom stereocenters. The van der Waals surface area contributed by atoms with Crippen LogP contribution in [0.5, 0.6) is 0 Å². The minimum atomic E-state index is -0.0947. The van der Waals surface area contributed by atoms with Crippen LogP contribution in [0.1, 0.15) is 12.2 Å². The number of hydrogen-bond donors (Lipinski definition) is 1. The predicted molar refractivity (Wildman–Crippen MR) is 99.6 cm³/mol. The number of ether oxygens (including phenoxy) is 1. The van der Waals surface area contributed by atoms with Gasteiger partial charge in [0.05, 0.1) is 43.5 Å². The van der Waals surface area contributed by atoms with E-state index in [2.05, 4.69) is 15.2 Å². The van der Waals surface area contributed by atoms with E-state index in [1.165, 1.54) is 11.8 Å². The van der Waals surface area contributed by atoms with Gasteiger partial charge in [-0.25, -0.2) is 9.97 Å². The smallest absolute Gasteiger partial charge is 0.230 e. The van der Waals surface area contributed by atoms with E-state index in [1.54, 1.807) is 0 Å². The van der Waals surface area contributed by atoms with E-state index in [0.717, 1.165) is 48.1 Å². The van der Waals surface area contributed by atoms with Crippen LogP contribution in [-0.2, 0) is 16.1 Å². The predicted octanol–water partition coefficient (Wildman–Crippen LogP) is 1.58. The molecule has 0 aliphatic carbocycles. The van der Waals surface area contributed by atoms with Crippen molar-refractivity contribution in [1.82, 2.24) is 20.2 Å². The van der Waals surface area contributed by atoms with E-state index in [4.69, 9.17) is 15.0 Å². The maximum atomic E-state index is 11.9. The third-order valence-electron chi connectivity index (χ3n) is 3.98. The van der Waals surface area contributed by atoms with E-state index < -0.39 is 0 Å². The number of nitrogens with zero attached hydrogens (tertiary/aromatic N) is 4. The third-order valence-corrected chi connectivity index (χ3v) is 4.97. The Hall–Kier alpha value is -2.21. The van der Waals surface area contributed by atoms with E-state index >= 15 is 0 Å². The van der Waals surface area contributed by atoms with Crippen LogP contribution < -0.4 is 5.32 Å². The largest absolute Gasteiger partial charge is 0.379 e. The Kier molecular flexibility index (Phi) is 6.77. The number of fused-ring (bicyclic) bond motifs is 1. The Morgan fingerprint density at radius 1 is 1.31 bits per heavy atom. The number of aromatic nitrogens is 2. The fraction of sp³-hybridized carbons (Fsp3) is 0.444. The van der Waals surface area contributed by atoms with E-state index in [1.807, 2.05) is 30.3 Å². The van der Waals surface area contributed by atoms with Crippen LogP contribution in [0, 0.1) is 11.3 Å². The summed E-state index contributed by atoms with van der Waals surface area (Å²) in [5.74, 6) is 0.935. The molecule has 1 fully saturated rings. The monoisotopic (exact) mass is 371 g/mol. The molecule has 1 aromatic heterocycles. The number of rotatable bonds is 7. The summed E-state index contributed by atoms with van der Waals surface area (Å²) < 4.78 is 5.39. The van der Waals surface area contributed by atoms with Crippen LogP contribution in [0.2, 0.25) is 0 Å². The van der Waals surface area contributed by atoms with Crippen molar-refractivity contribution < 1.29 is 9.53 Å². The van der Waals surface area contributed by atoms with Crippen molar-refractivity contribution in [1.29, 1.82) is 5.26 Å². The quantitative estimate of drug-likeness (QED) is 0.449. The molecule has 1 N–H and O–H groups in total. The lowest BCUT2D eigenvalue weighted by Gasteiger charge is -2.25. The summed E-state index contributed by atoms with van der Waals surface area (Å²) in [4.78, 5) is 23.6. The van der Waals surface area contributed by atoms with E-state index in [9.17, 15) is 4.79 Å². The van der Waals surface area contributed by atoms with Crippen LogP contribution in [0.25, 0.3) is 10.9 Å². The topological polar surface area (TPSA) is 91.1 Å². The highest BCUT2D eigenvalue weighted by atomic mass is 32.2. The lowest BCUT2D eigenvalue weighted by molar-refractivity contribution is -0.118. The van der Waals surface area contributed by atoms with Crippen molar-refractivity contribution in [2.24, 2.45) is 0 Å². The Morgan fingerprint density at radius 3 is 2.92 bits per heavy atom. The second-order valence-electron chi connectivity index (χ2n) is 5.90. The minimum Gasteiger partial charge on any atom is -0.379 e. The molecule has 1 amide bonds. The van der Waals surface area contributed by atoms with Gasteiger partial charge in [0.25, 0.3) is 0 Å².